The van der Waals surface area contributed by atoms with Gasteiger partial charge in [-0.05, 0) is 64.6 Å². The molecule has 7 aromatic carbocycles. The van der Waals surface area contributed by atoms with Crippen LogP contribution in [0, 0.1) is 0 Å². The predicted molar refractivity (Wildman–Crippen MR) is 123 cm³/mol. The Labute approximate surface area is 162 Å². The van der Waals surface area contributed by atoms with Crippen molar-refractivity contribution in [1.82, 2.24) is 0 Å². The summed E-state index contributed by atoms with van der Waals surface area (Å²) in [5.41, 5.74) is 0. The molecule has 0 radical (unpaired) electrons. The molecular formula is C28H16. The Bertz CT molecular complexity index is 1450. The molecule has 128 valence electrons. The molecule has 7 rings (SSSR count). The lowest BCUT2D eigenvalue weighted by molar-refractivity contribution is 1.79. The van der Waals surface area contributed by atoms with Gasteiger partial charge in [0.2, 0.25) is 0 Å². The van der Waals surface area contributed by atoms with Crippen LogP contribution in [0.15, 0.2) is 97.1 Å². The average Bonchev–Trinajstić information content (AvgIpc) is 2.76. The maximum Gasteiger partial charge on any atom is -0.00203 e. The minimum atomic E-state index is 1.31. The highest BCUT2D eigenvalue weighted by atomic mass is 14.2. The summed E-state index contributed by atoms with van der Waals surface area (Å²) in [5.74, 6) is 0. The molecule has 28 heavy (non-hydrogen) atoms. The van der Waals surface area contributed by atoms with Crippen molar-refractivity contribution in [2.75, 3.05) is 0 Å². The molecule has 0 aromatic heterocycles. The maximum atomic E-state index is 2.29. The molecule has 0 saturated carbocycles. The fourth-order valence-electron chi connectivity index (χ4n) is 5.21. The molecule has 0 aliphatic heterocycles. The fourth-order valence-corrected chi connectivity index (χ4v) is 5.21. The van der Waals surface area contributed by atoms with E-state index < -0.39 is 0 Å². The van der Waals surface area contributed by atoms with Crippen molar-refractivity contribution in [3.63, 3.8) is 0 Å². The molecule has 7 aromatic rings. The number of hydrogen-bond donors (Lipinski definition) is 0. The zero-order valence-corrected chi connectivity index (χ0v) is 15.2. The van der Waals surface area contributed by atoms with Crippen LogP contribution in [0.3, 0.4) is 0 Å². The molecule has 0 N–H and O–H groups in total. The Balaban J connectivity index is 2.06. The lowest BCUT2D eigenvalue weighted by Crippen LogP contribution is -1.87. The number of hydrogen-bond acceptors (Lipinski definition) is 0. The van der Waals surface area contributed by atoms with Crippen LogP contribution < -0.4 is 0 Å². The summed E-state index contributed by atoms with van der Waals surface area (Å²) < 4.78 is 0. The van der Waals surface area contributed by atoms with Crippen LogP contribution >= 0.6 is 0 Å². The highest BCUT2D eigenvalue weighted by Gasteiger charge is 2.14. The molecule has 0 amide bonds. The maximum absolute atomic E-state index is 2.29. The summed E-state index contributed by atoms with van der Waals surface area (Å²) in [6.45, 7) is 0. The van der Waals surface area contributed by atoms with E-state index >= 15 is 0 Å². The summed E-state index contributed by atoms with van der Waals surface area (Å²) in [6.07, 6.45) is 0. The van der Waals surface area contributed by atoms with Crippen LogP contribution in [-0.4, -0.2) is 0 Å². The molecule has 0 unspecified atom stereocenters. The number of fused-ring (bicyclic) bond motifs is 2. The summed E-state index contributed by atoms with van der Waals surface area (Å²) in [7, 11) is 0. The van der Waals surface area contributed by atoms with Gasteiger partial charge in [-0.15, -0.1) is 0 Å². The van der Waals surface area contributed by atoms with Gasteiger partial charge in [0, 0.05) is 0 Å². The molecule has 0 spiro atoms. The van der Waals surface area contributed by atoms with E-state index in [4.69, 9.17) is 0 Å². The monoisotopic (exact) mass is 352 g/mol. The van der Waals surface area contributed by atoms with Gasteiger partial charge in [0.1, 0.15) is 0 Å². The van der Waals surface area contributed by atoms with Gasteiger partial charge in [0.15, 0.2) is 0 Å². The fraction of sp³-hybridized carbons (Fsp3) is 0. The van der Waals surface area contributed by atoms with Crippen LogP contribution in [0.5, 0.6) is 0 Å². The van der Waals surface area contributed by atoms with E-state index in [2.05, 4.69) is 97.1 Å². The standard InChI is InChI=1S/C28H16/c1-5-17-13-14-18-7-3-11-23-24-12-4-8-20-16-15-19-6-2-10-22(26(19)28(20)24)21(9-1)25(17)27(18)23/h1-16H. The predicted octanol–water partition coefficient (Wildman–Crippen LogP) is 8.04. The zero-order valence-electron chi connectivity index (χ0n) is 15.2. The Kier molecular flexibility index (Phi) is 2.57. The first-order chi connectivity index (χ1) is 13.9. The topological polar surface area (TPSA) is 0 Å². The van der Waals surface area contributed by atoms with E-state index in [0.717, 1.165) is 0 Å². The summed E-state index contributed by atoms with van der Waals surface area (Å²) in [4.78, 5) is 0. The second-order valence-electron chi connectivity index (χ2n) is 7.75. The van der Waals surface area contributed by atoms with Crippen molar-refractivity contribution >= 4 is 64.6 Å². The lowest BCUT2D eigenvalue weighted by Gasteiger charge is -2.15. The van der Waals surface area contributed by atoms with E-state index in [0.29, 0.717) is 0 Å². The van der Waals surface area contributed by atoms with Gasteiger partial charge in [-0.2, -0.15) is 0 Å². The van der Waals surface area contributed by atoms with E-state index in [1.807, 2.05) is 0 Å². The SMILES string of the molecule is c1cc2ccc3cccc4c5cccc6ccc7cccc(c(c1)c2c34)c7c65. The van der Waals surface area contributed by atoms with Crippen LogP contribution in [-0.2, 0) is 0 Å². The van der Waals surface area contributed by atoms with E-state index in [1.165, 1.54) is 64.6 Å². The first-order valence-electron chi connectivity index (χ1n) is 9.80. The largest absolute Gasteiger partial charge is 0.0610 e. The average molecular weight is 352 g/mol. The Morgan fingerprint density at radius 3 is 0.750 bits per heavy atom. The van der Waals surface area contributed by atoms with Gasteiger partial charge < -0.3 is 0 Å². The quantitative estimate of drug-likeness (QED) is 0.242. The van der Waals surface area contributed by atoms with Crippen molar-refractivity contribution in [1.29, 1.82) is 0 Å². The smallest absolute Gasteiger partial charge is 0.00203 e. The van der Waals surface area contributed by atoms with E-state index in [-0.39, 0.29) is 0 Å². The molecule has 0 atom stereocenters. The highest BCUT2D eigenvalue weighted by molar-refractivity contribution is 6.36. The number of rotatable bonds is 0. The van der Waals surface area contributed by atoms with Crippen molar-refractivity contribution in [3.8, 4) is 0 Å². The van der Waals surface area contributed by atoms with Crippen LogP contribution in [0.25, 0.3) is 64.6 Å². The van der Waals surface area contributed by atoms with Gasteiger partial charge in [0.25, 0.3) is 0 Å². The Morgan fingerprint density at radius 2 is 0.500 bits per heavy atom. The van der Waals surface area contributed by atoms with E-state index in [9.17, 15) is 0 Å². The van der Waals surface area contributed by atoms with Crippen molar-refractivity contribution in [2.24, 2.45) is 0 Å². The van der Waals surface area contributed by atoms with Gasteiger partial charge in [0.05, 0.1) is 0 Å². The first kappa shape index (κ1) is 14.4. The van der Waals surface area contributed by atoms with Crippen molar-refractivity contribution in [2.45, 2.75) is 0 Å². The van der Waals surface area contributed by atoms with E-state index in [1.54, 1.807) is 0 Å². The van der Waals surface area contributed by atoms with Crippen LogP contribution in [0.2, 0.25) is 0 Å². The molecule has 0 heteroatoms. The summed E-state index contributed by atoms with van der Waals surface area (Å²) >= 11 is 0. The molecule has 0 fully saturated rings. The third kappa shape index (κ3) is 1.66. The molecule has 0 aliphatic carbocycles. The molecule has 0 bridgehead atoms. The summed E-state index contributed by atoms with van der Waals surface area (Å²) in [5, 5.41) is 16.1. The van der Waals surface area contributed by atoms with Gasteiger partial charge in [-0.1, -0.05) is 97.1 Å². The first-order valence-corrected chi connectivity index (χ1v) is 9.80. The Hall–Kier alpha value is -3.64. The van der Waals surface area contributed by atoms with Gasteiger partial charge in [-0.25, -0.2) is 0 Å². The lowest BCUT2D eigenvalue weighted by atomic mass is 9.88. The van der Waals surface area contributed by atoms with Crippen LogP contribution in [0.1, 0.15) is 0 Å². The van der Waals surface area contributed by atoms with Gasteiger partial charge in [-0.3, -0.25) is 0 Å². The second kappa shape index (κ2) is 4.99. The minimum absolute atomic E-state index is 1.31. The molecule has 0 heterocycles. The van der Waals surface area contributed by atoms with Crippen molar-refractivity contribution in [3.05, 3.63) is 97.1 Å². The van der Waals surface area contributed by atoms with Crippen LogP contribution in [0.4, 0.5) is 0 Å². The molecule has 0 aliphatic rings. The zero-order chi connectivity index (χ0) is 18.2. The molecule has 0 saturated heterocycles. The third-order valence-corrected chi connectivity index (χ3v) is 6.35. The second-order valence-corrected chi connectivity index (χ2v) is 7.75. The molecule has 0 nitrogen and oxygen atoms in total. The van der Waals surface area contributed by atoms with Crippen molar-refractivity contribution < 1.29 is 0 Å². The Morgan fingerprint density at radius 1 is 0.250 bits per heavy atom. The number of benzene rings is 6. The highest BCUT2D eigenvalue weighted by Crippen LogP contribution is 2.42. The normalized spacial score (nSPS) is 12.3. The van der Waals surface area contributed by atoms with Gasteiger partial charge >= 0.3 is 0 Å². The minimum Gasteiger partial charge on any atom is -0.0610 e. The molecular weight excluding hydrogens is 336 g/mol. The summed E-state index contributed by atoms with van der Waals surface area (Å²) in [6, 6.07) is 35.9. The third-order valence-electron chi connectivity index (χ3n) is 6.35.